The van der Waals surface area contributed by atoms with Crippen LogP contribution >= 0.6 is 0 Å². The molecule has 3 aromatic rings. The van der Waals surface area contributed by atoms with Crippen molar-refractivity contribution in [2.24, 2.45) is 5.41 Å². The van der Waals surface area contributed by atoms with Gasteiger partial charge in [-0.05, 0) is 73.2 Å². The molecule has 0 fully saturated rings. The molecule has 1 unspecified atom stereocenters. The molecule has 0 spiro atoms. The third-order valence-corrected chi connectivity index (χ3v) is 6.42. The van der Waals surface area contributed by atoms with E-state index < -0.39 is 6.10 Å². The monoisotopic (exact) mass is 405 g/mol. The van der Waals surface area contributed by atoms with Gasteiger partial charge in [-0.1, -0.05) is 37.6 Å². The summed E-state index contributed by atoms with van der Waals surface area (Å²) in [4.78, 5) is 0. The lowest BCUT2D eigenvalue weighted by Crippen LogP contribution is -2.38. The number of nitrogen functional groups attached to an aromatic ring is 1. The number of nitrogens with zero attached hydrogens (tertiary/aromatic N) is 2. The number of para-hydroxylation sites is 1. The number of aliphatic hydroxyl groups excluding tert-OH is 1. The van der Waals surface area contributed by atoms with Gasteiger partial charge in [-0.25, -0.2) is 9.07 Å². The van der Waals surface area contributed by atoms with Crippen molar-refractivity contribution in [2.75, 3.05) is 5.73 Å². The van der Waals surface area contributed by atoms with Crippen molar-refractivity contribution in [3.63, 3.8) is 0 Å². The van der Waals surface area contributed by atoms with E-state index in [0.717, 1.165) is 41.0 Å². The molecule has 3 N–H and O–H groups in total. The molecule has 1 aliphatic carbocycles. The Morgan fingerprint density at radius 1 is 1.20 bits per heavy atom. The lowest BCUT2D eigenvalue weighted by Gasteiger charge is -2.39. The smallest absolute Gasteiger partial charge is 0.123 e. The second kappa shape index (κ2) is 8.07. The standard InChI is InChI=1S/C25H28FN3O/c1-3-19-14-23-18(16-28-29(23)21-11-9-20(26)10-12-21)15-25(19,2)24(30)13-8-17-6-4-5-7-22(17)27/h4-7,9-12,14,16,24,30H,3,8,13,15,27H2,1-2H3/t24-,25?/m0/s1. The van der Waals surface area contributed by atoms with Crippen molar-refractivity contribution in [3.8, 4) is 5.69 Å². The van der Waals surface area contributed by atoms with E-state index in [1.54, 1.807) is 12.1 Å². The average molecular weight is 406 g/mol. The molecular formula is C25H28FN3O. The highest BCUT2D eigenvalue weighted by Gasteiger charge is 2.39. The van der Waals surface area contributed by atoms with Gasteiger partial charge in [-0.3, -0.25) is 0 Å². The molecule has 0 amide bonds. The molecule has 1 heterocycles. The van der Waals surface area contributed by atoms with Crippen LogP contribution in [-0.2, 0) is 12.8 Å². The quantitative estimate of drug-likeness (QED) is 0.571. The molecule has 156 valence electrons. The van der Waals surface area contributed by atoms with Gasteiger partial charge in [0.15, 0.2) is 0 Å². The summed E-state index contributed by atoms with van der Waals surface area (Å²) in [7, 11) is 0. The number of aryl methyl sites for hydroxylation is 1. The van der Waals surface area contributed by atoms with Crippen LogP contribution in [0.5, 0.6) is 0 Å². The summed E-state index contributed by atoms with van der Waals surface area (Å²) in [5.41, 5.74) is 11.7. The molecule has 0 saturated carbocycles. The predicted molar refractivity (Wildman–Crippen MR) is 119 cm³/mol. The minimum absolute atomic E-state index is 0.265. The molecule has 1 aliphatic rings. The molecule has 2 aromatic carbocycles. The van der Waals surface area contributed by atoms with Crippen molar-refractivity contribution in [1.82, 2.24) is 9.78 Å². The van der Waals surface area contributed by atoms with Crippen molar-refractivity contribution < 1.29 is 9.50 Å². The van der Waals surface area contributed by atoms with E-state index in [1.165, 1.54) is 17.7 Å². The minimum Gasteiger partial charge on any atom is -0.399 e. The van der Waals surface area contributed by atoms with Crippen LogP contribution in [-0.4, -0.2) is 21.0 Å². The Hall–Kier alpha value is -2.92. The minimum atomic E-state index is -0.495. The van der Waals surface area contributed by atoms with Gasteiger partial charge in [0.05, 0.1) is 23.7 Å². The Kier molecular flexibility index (Phi) is 5.48. The molecule has 5 heteroatoms. The number of nitrogens with two attached hydrogens (primary N) is 1. The Labute approximate surface area is 176 Å². The molecule has 1 aromatic heterocycles. The van der Waals surface area contributed by atoms with Crippen LogP contribution in [0.15, 0.2) is 60.3 Å². The van der Waals surface area contributed by atoms with Crippen LogP contribution in [0.3, 0.4) is 0 Å². The first-order valence-electron chi connectivity index (χ1n) is 10.5. The fraction of sp³-hybridized carbons (Fsp3) is 0.320. The topological polar surface area (TPSA) is 64.1 Å². The number of rotatable bonds is 6. The average Bonchev–Trinajstić information content (AvgIpc) is 3.15. The van der Waals surface area contributed by atoms with Crippen molar-refractivity contribution >= 4 is 11.8 Å². The van der Waals surface area contributed by atoms with E-state index in [2.05, 4.69) is 25.0 Å². The molecule has 2 atom stereocenters. The first-order chi connectivity index (χ1) is 14.4. The van der Waals surface area contributed by atoms with Crippen LogP contribution in [0.25, 0.3) is 11.8 Å². The molecule has 4 rings (SSSR count). The van der Waals surface area contributed by atoms with Crippen molar-refractivity contribution in [3.05, 3.63) is 82.9 Å². The highest BCUT2D eigenvalue weighted by Crippen LogP contribution is 2.44. The summed E-state index contributed by atoms with van der Waals surface area (Å²) in [6.07, 6.45) is 6.46. The SMILES string of the molecule is CCC1=Cc2c(cnn2-c2ccc(F)cc2)CC1(C)[C@@H](O)CCc1ccccc1N. The lowest BCUT2D eigenvalue weighted by molar-refractivity contribution is 0.0532. The Balaban J connectivity index is 1.60. The Bertz CT molecular complexity index is 1070. The largest absolute Gasteiger partial charge is 0.399 e. The maximum atomic E-state index is 13.3. The second-order valence-corrected chi connectivity index (χ2v) is 8.31. The van der Waals surface area contributed by atoms with Crippen LogP contribution in [0.1, 0.15) is 43.5 Å². The molecule has 4 nitrogen and oxygen atoms in total. The van der Waals surface area contributed by atoms with E-state index in [4.69, 9.17) is 5.73 Å². The molecular weight excluding hydrogens is 377 g/mol. The number of halogens is 1. The summed E-state index contributed by atoms with van der Waals surface area (Å²) in [6.45, 7) is 4.26. The van der Waals surface area contributed by atoms with Gasteiger partial charge >= 0.3 is 0 Å². The van der Waals surface area contributed by atoms with Crippen molar-refractivity contribution in [2.45, 2.75) is 45.6 Å². The van der Waals surface area contributed by atoms with Crippen LogP contribution in [0.2, 0.25) is 0 Å². The summed E-state index contributed by atoms with van der Waals surface area (Å²) < 4.78 is 15.2. The summed E-state index contributed by atoms with van der Waals surface area (Å²) in [5, 5.41) is 15.8. The van der Waals surface area contributed by atoms with Crippen LogP contribution in [0.4, 0.5) is 10.1 Å². The highest BCUT2D eigenvalue weighted by molar-refractivity contribution is 5.61. The number of aliphatic hydroxyl groups is 1. The number of fused-ring (bicyclic) bond motifs is 1. The highest BCUT2D eigenvalue weighted by atomic mass is 19.1. The number of benzene rings is 2. The van der Waals surface area contributed by atoms with E-state index in [0.29, 0.717) is 12.8 Å². The van der Waals surface area contributed by atoms with Gasteiger partial charge in [-0.2, -0.15) is 5.10 Å². The number of hydrogen-bond donors (Lipinski definition) is 2. The molecule has 30 heavy (non-hydrogen) atoms. The van der Waals surface area contributed by atoms with E-state index in [1.807, 2.05) is 35.1 Å². The van der Waals surface area contributed by atoms with Crippen LogP contribution < -0.4 is 5.73 Å². The van der Waals surface area contributed by atoms with Gasteiger partial charge < -0.3 is 10.8 Å². The predicted octanol–water partition coefficient (Wildman–Crippen LogP) is 4.94. The fourth-order valence-electron chi connectivity index (χ4n) is 4.52. The summed E-state index contributed by atoms with van der Waals surface area (Å²) >= 11 is 0. The van der Waals surface area contributed by atoms with Gasteiger partial charge in [0.2, 0.25) is 0 Å². The Morgan fingerprint density at radius 2 is 1.93 bits per heavy atom. The normalized spacial score (nSPS) is 19.3. The molecule has 0 saturated heterocycles. The molecule has 0 radical (unpaired) electrons. The van der Waals surface area contributed by atoms with E-state index >= 15 is 0 Å². The third-order valence-electron chi connectivity index (χ3n) is 6.42. The maximum absolute atomic E-state index is 13.3. The van der Waals surface area contributed by atoms with Crippen molar-refractivity contribution in [1.29, 1.82) is 0 Å². The fourth-order valence-corrected chi connectivity index (χ4v) is 4.52. The summed E-state index contributed by atoms with van der Waals surface area (Å²) in [5.74, 6) is -0.265. The second-order valence-electron chi connectivity index (χ2n) is 8.31. The first-order valence-corrected chi connectivity index (χ1v) is 10.5. The molecule has 0 aliphatic heterocycles. The first kappa shape index (κ1) is 20.4. The van der Waals surface area contributed by atoms with Gasteiger partial charge in [-0.15, -0.1) is 0 Å². The Morgan fingerprint density at radius 3 is 2.63 bits per heavy atom. The van der Waals surface area contributed by atoms with Gasteiger partial charge in [0.25, 0.3) is 0 Å². The lowest BCUT2D eigenvalue weighted by atomic mass is 9.67. The number of anilines is 1. The van der Waals surface area contributed by atoms with E-state index in [-0.39, 0.29) is 11.2 Å². The number of hydrogen-bond acceptors (Lipinski definition) is 3. The number of aromatic nitrogens is 2. The third kappa shape index (κ3) is 3.65. The summed E-state index contributed by atoms with van der Waals surface area (Å²) in [6, 6.07) is 14.2. The van der Waals surface area contributed by atoms with Gasteiger partial charge in [0, 0.05) is 11.1 Å². The zero-order valence-corrected chi connectivity index (χ0v) is 17.5. The maximum Gasteiger partial charge on any atom is 0.123 e. The van der Waals surface area contributed by atoms with Crippen LogP contribution in [0, 0.1) is 11.2 Å². The van der Waals surface area contributed by atoms with E-state index in [9.17, 15) is 9.50 Å². The zero-order chi connectivity index (χ0) is 21.3. The zero-order valence-electron chi connectivity index (χ0n) is 17.5. The molecule has 0 bridgehead atoms. The van der Waals surface area contributed by atoms with Gasteiger partial charge in [0.1, 0.15) is 5.82 Å².